The van der Waals surface area contributed by atoms with Gasteiger partial charge in [0.15, 0.2) is 0 Å². The van der Waals surface area contributed by atoms with Gasteiger partial charge in [-0.1, -0.05) is 0 Å². The molecule has 0 amide bonds. The first-order valence-electron chi connectivity index (χ1n) is 5.40. The number of hydrogen-bond acceptors (Lipinski definition) is 4. The third-order valence-corrected chi connectivity index (χ3v) is 2.66. The first-order valence-corrected chi connectivity index (χ1v) is 5.40. The van der Waals surface area contributed by atoms with Gasteiger partial charge in [0.25, 0.3) is 0 Å². The molecule has 0 aliphatic carbocycles. The first-order chi connectivity index (χ1) is 6.84. The third kappa shape index (κ3) is 4.37. The molecule has 1 heterocycles. The molecule has 84 valence electrons. The van der Waals surface area contributed by atoms with Crippen molar-refractivity contribution in [1.82, 2.24) is 4.90 Å². The van der Waals surface area contributed by atoms with E-state index in [-0.39, 0.29) is 0 Å². The molecule has 1 saturated heterocycles. The molecule has 4 heteroatoms. The molecule has 0 unspecified atom stereocenters. The van der Waals surface area contributed by atoms with Crippen LogP contribution in [-0.4, -0.2) is 57.5 Å². The lowest BCUT2D eigenvalue weighted by molar-refractivity contribution is 0.0306. The molecule has 2 N–H and O–H groups in total. The van der Waals surface area contributed by atoms with Crippen LogP contribution in [0, 0.1) is 0 Å². The van der Waals surface area contributed by atoms with Crippen LogP contribution in [-0.2, 0) is 9.47 Å². The Hall–Kier alpha value is -0.160. The van der Waals surface area contributed by atoms with Crippen molar-refractivity contribution in [3.05, 3.63) is 0 Å². The van der Waals surface area contributed by atoms with Crippen molar-refractivity contribution in [2.75, 3.05) is 46.6 Å². The number of likely N-dealkylation sites (N-methyl/N-ethyl adjacent to an activating group) is 1. The molecule has 14 heavy (non-hydrogen) atoms. The minimum atomic E-state index is 0.612. The molecule has 1 aliphatic heterocycles. The van der Waals surface area contributed by atoms with Gasteiger partial charge in [0.1, 0.15) is 0 Å². The number of ether oxygens (including phenoxy) is 2. The lowest BCUT2D eigenvalue weighted by Crippen LogP contribution is -2.38. The highest BCUT2D eigenvalue weighted by Crippen LogP contribution is 2.11. The quantitative estimate of drug-likeness (QED) is 0.619. The second-order valence-corrected chi connectivity index (χ2v) is 3.73. The van der Waals surface area contributed by atoms with E-state index in [4.69, 9.17) is 15.2 Å². The van der Waals surface area contributed by atoms with E-state index in [1.807, 2.05) is 0 Å². The van der Waals surface area contributed by atoms with Gasteiger partial charge < -0.3 is 20.1 Å². The van der Waals surface area contributed by atoms with Crippen LogP contribution in [0.2, 0.25) is 0 Å². The monoisotopic (exact) mass is 202 g/mol. The Labute approximate surface area is 86.3 Å². The molecule has 1 aliphatic rings. The lowest BCUT2D eigenvalue weighted by Gasteiger charge is -2.30. The van der Waals surface area contributed by atoms with Gasteiger partial charge in [-0.15, -0.1) is 0 Å². The highest BCUT2D eigenvalue weighted by atomic mass is 16.5. The van der Waals surface area contributed by atoms with Crippen LogP contribution < -0.4 is 5.73 Å². The summed E-state index contributed by atoms with van der Waals surface area (Å²) >= 11 is 0. The number of rotatable bonds is 6. The highest BCUT2D eigenvalue weighted by molar-refractivity contribution is 4.71. The van der Waals surface area contributed by atoms with Gasteiger partial charge in [0.05, 0.1) is 13.2 Å². The molecule has 1 fully saturated rings. The van der Waals surface area contributed by atoms with Crippen molar-refractivity contribution in [3.8, 4) is 0 Å². The zero-order chi connectivity index (χ0) is 10.2. The normalized spacial score (nSPS) is 19.1. The minimum Gasteiger partial charge on any atom is -0.381 e. The predicted molar refractivity (Wildman–Crippen MR) is 56.3 cm³/mol. The molecular weight excluding hydrogens is 180 g/mol. The summed E-state index contributed by atoms with van der Waals surface area (Å²) < 4.78 is 10.7. The van der Waals surface area contributed by atoms with E-state index in [1.54, 1.807) is 0 Å². The van der Waals surface area contributed by atoms with E-state index >= 15 is 0 Å². The van der Waals surface area contributed by atoms with Gasteiger partial charge in [-0.25, -0.2) is 0 Å². The second kappa shape index (κ2) is 7.17. The summed E-state index contributed by atoms with van der Waals surface area (Å²) in [6.07, 6.45) is 2.29. The molecule has 0 aromatic carbocycles. The topological polar surface area (TPSA) is 47.7 Å². The molecule has 0 radical (unpaired) electrons. The molecule has 0 bridgehead atoms. The summed E-state index contributed by atoms with van der Waals surface area (Å²) in [6.45, 7) is 4.86. The number of nitrogens with two attached hydrogens (primary N) is 1. The van der Waals surface area contributed by atoms with Crippen LogP contribution in [0.5, 0.6) is 0 Å². The van der Waals surface area contributed by atoms with Crippen LogP contribution in [0.25, 0.3) is 0 Å². The number of nitrogens with zero attached hydrogens (tertiary/aromatic N) is 1. The van der Waals surface area contributed by atoms with Gasteiger partial charge >= 0.3 is 0 Å². The number of hydrogen-bond donors (Lipinski definition) is 1. The Balaban J connectivity index is 2.04. The average molecular weight is 202 g/mol. The maximum absolute atomic E-state index is 5.35. The Morgan fingerprint density at radius 2 is 2.07 bits per heavy atom. The Morgan fingerprint density at radius 1 is 1.36 bits per heavy atom. The summed E-state index contributed by atoms with van der Waals surface area (Å²) in [5.74, 6) is 0. The minimum absolute atomic E-state index is 0.612. The molecule has 4 nitrogen and oxygen atoms in total. The van der Waals surface area contributed by atoms with Crippen LogP contribution in [0.3, 0.4) is 0 Å². The average Bonchev–Trinajstić information content (AvgIpc) is 2.25. The molecule has 0 spiro atoms. The van der Waals surface area contributed by atoms with E-state index < -0.39 is 0 Å². The summed E-state index contributed by atoms with van der Waals surface area (Å²) in [5, 5.41) is 0. The van der Waals surface area contributed by atoms with Crippen LogP contribution in [0.15, 0.2) is 0 Å². The Morgan fingerprint density at radius 3 is 2.71 bits per heavy atom. The fraction of sp³-hybridized carbons (Fsp3) is 1.00. The van der Waals surface area contributed by atoms with E-state index in [9.17, 15) is 0 Å². The largest absolute Gasteiger partial charge is 0.381 e. The van der Waals surface area contributed by atoms with Crippen LogP contribution in [0.4, 0.5) is 0 Å². The standard InChI is InChI=1S/C10H22N2O2/c1-12(5-9-14-8-4-11)10-2-6-13-7-3-10/h10H,2-9,11H2,1H3. The van der Waals surface area contributed by atoms with Gasteiger partial charge in [0.2, 0.25) is 0 Å². The van der Waals surface area contributed by atoms with Crippen molar-refractivity contribution >= 4 is 0 Å². The van der Waals surface area contributed by atoms with Crippen LogP contribution >= 0.6 is 0 Å². The van der Waals surface area contributed by atoms with E-state index in [1.165, 1.54) is 0 Å². The fourth-order valence-corrected chi connectivity index (χ4v) is 1.70. The van der Waals surface area contributed by atoms with E-state index in [0.717, 1.165) is 39.2 Å². The van der Waals surface area contributed by atoms with Crippen molar-refractivity contribution in [2.45, 2.75) is 18.9 Å². The SMILES string of the molecule is CN(CCOCCN)C1CCOCC1. The first kappa shape index (κ1) is 11.9. The molecular formula is C10H22N2O2. The van der Waals surface area contributed by atoms with Gasteiger partial charge in [0, 0.05) is 32.3 Å². The summed E-state index contributed by atoms with van der Waals surface area (Å²) in [4.78, 5) is 2.36. The molecule has 0 saturated carbocycles. The zero-order valence-electron chi connectivity index (χ0n) is 9.08. The zero-order valence-corrected chi connectivity index (χ0v) is 9.08. The maximum Gasteiger partial charge on any atom is 0.0594 e. The van der Waals surface area contributed by atoms with Crippen molar-refractivity contribution in [1.29, 1.82) is 0 Å². The Kier molecular flexibility index (Phi) is 6.10. The lowest BCUT2D eigenvalue weighted by atomic mass is 10.1. The second-order valence-electron chi connectivity index (χ2n) is 3.73. The summed E-state index contributed by atoms with van der Waals surface area (Å²) in [5.41, 5.74) is 5.33. The van der Waals surface area contributed by atoms with Gasteiger partial charge in [-0.2, -0.15) is 0 Å². The third-order valence-electron chi connectivity index (χ3n) is 2.66. The smallest absolute Gasteiger partial charge is 0.0594 e. The van der Waals surface area contributed by atoms with E-state index in [0.29, 0.717) is 19.2 Å². The molecule has 0 aromatic rings. The van der Waals surface area contributed by atoms with Crippen molar-refractivity contribution < 1.29 is 9.47 Å². The van der Waals surface area contributed by atoms with E-state index in [2.05, 4.69) is 11.9 Å². The van der Waals surface area contributed by atoms with Gasteiger partial charge in [-0.3, -0.25) is 0 Å². The van der Waals surface area contributed by atoms with Crippen molar-refractivity contribution in [2.24, 2.45) is 5.73 Å². The predicted octanol–water partition coefficient (Wildman–Crippen LogP) is 0.0725. The Bertz CT molecular complexity index is 138. The summed E-state index contributed by atoms with van der Waals surface area (Å²) in [6, 6.07) is 0.672. The maximum atomic E-state index is 5.35. The molecule has 0 atom stereocenters. The van der Waals surface area contributed by atoms with Crippen molar-refractivity contribution in [3.63, 3.8) is 0 Å². The van der Waals surface area contributed by atoms with Gasteiger partial charge in [-0.05, 0) is 19.9 Å². The molecule has 0 aromatic heterocycles. The fourth-order valence-electron chi connectivity index (χ4n) is 1.70. The molecule has 1 rings (SSSR count). The highest BCUT2D eigenvalue weighted by Gasteiger charge is 2.17. The van der Waals surface area contributed by atoms with Crippen LogP contribution in [0.1, 0.15) is 12.8 Å². The summed E-state index contributed by atoms with van der Waals surface area (Å²) in [7, 11) is 2.15.